The lowest BCUT2D eigenvalue weighted by Gasteiger charge is -2.22. The number of aryl methyl sites for hydroxylation is 1. The van der Waals surface area contributed by atoms with Gasteiger partial charge in [-0.2, -0.15) is 0 Å². The molecule has 4 rings (SSSR count). The molecule has 0 saturated carbocycles. The molecular weight excluding hydrogens is 442 g/mol. The maximum atomic E-state index is 13.6. The number of thiazole rings is 1. The first-order valence-corrected chi connectivity index (χ1v) is 11.5. The zero-order valence-corrected chi connectivity index (χ0v) is 19.8. The molecule has 32 heavy (non-hydrogen) atoms. The predicted octanol–water partition coefficient (Wildman–Crippen LogP) is 6.26. The zero-order chi connectivity index (χ0) is 22.7. The minimum absolute atomic E-state index is 0.117. The summed E-state index contributed by atoms with van der Waals surface area (Å²) >= 11 is 7.71. The Hall–Kier alpha value is -2.93. The molecule has 4 aromatic rings. The fraction of sp³-hybridized carbons (Fsp3) is 0.200. The fourth-order valence-electron chi connectivity index (χ4n) is 3.32. The molecule has 0 saturated heterocycles. The molecule has 0 radical (unpaired) electrons. The van der Waals surface area contributed by atoms with Crippen molar-refractivity contribution in [1.82, 2.24) is 9.88 Å². The van der Waals surface area contributed by atoms with Gasteiger partial charge in [-0.25, -0.2) is 4.98 Å². The zero-order valence-electron chi connectivity index (χ0n) is 18.2. The van der Waals surface area contributed by atoms with Crippen LogP contribution in [0.25, 0.3) is 10.2 Å². The molecule has 1 heterocycles. The SMILES string of the molecule is Cc1cc(Cl)cc2sc(N(CCN(C)C)C(=O)c3cccc(Oc4ccccc4)c3)nc12. The number of carbonyl (C=O) groups is 1. The van der Waals surface area contributed by atoms with Crippen molar-refractivity contribution in [2.45, 2.75) is 6.92 Å². The van der Waals surface area contributed by atoms with Crippen LogP contribution >= 0.6 is 22.9 Å². The summed E-state index contributed by atoms with van der Waals surface area (Å²) in [5.41, 5.74) is 2.41. The van der Waals surface area contributed by atoms with Crippen molar-refractivity contribution in [1.29, 1.82) is 0 Å². The number of benzene rings is 3. The van der Waals surface area contributed by atoms with E-state index < -0.39 is 0 Å². The number of hydrogen-bond donors (Lipinski definition) is 0. The van der Waals surface area contributed by atoms with Crippen molar-refractivity contribution in [3.63, 3.8) is 0 Å². The largest absolute Gasteiger partial charge is 0.457 e. The van der Waals surface area contributed by atoms with Crippen LogP contribution in [-0.2, 0) is 0 Å². The molecule has 164 valence electrons. The number of anilines is 1. The van der Waals surface area contributed by atoms with E-state index in [2.05, 4.69) is 0 Å². The summed E-state index contributed by atoms with van der Waals surface area (Å²) in [6.07, 6.45) is 0. The van der Waals surface area contributed by atoms with Crippen LogP contribution in [0.1, 0.15) is 15.9 Å². The number of likely N-dealkylation sites (N-methyl/N-ethyl adjacent to an activating group) is 1. The normalized spacial score (nSPS) is 11.2. The lowest BCUT2D eigenvalue weighted by molar-refractivity contribution is 0.0985. The number of ether oxygens (including phenoxy) is 1. The second-order valence-corrected chi connectivity index (χ2v) is 9.21. The third-order valence-electron chi connectivity index (χ3n) is 4.95. The maximum Gasteiger partial charge on any atom is 0.260 e. The summed E-state index contributed by atoms with van der Waals surface area (Å²) in [4.78, 5) is 22.1. The Bertz CT molecular complexity index is 1240. The van der Waals surface area contributed by atoms with E-state index in [0.717, 1.165) is 21.5 Å². The molecule has 0 spiro atoms. The first kappa shape index (κ1) is 22.3. The highest BCUT2D eigenvalue weighted by atomic mass is 35.5. The third kappa shape index (κ3) is 5.10. The van der Waals surface area contributed by atoms with Gasteiger partial charge < -0.3 is 9.64 Å². The van der Waals surface area contributed by atoms with E-state index in [1.54, 1.807) is 17.0 Å². The molecule has 0 aliphatic carbocycles. The van der Waals surface area contributed by atoms with Gasteiger partial charge in [0, 0.05) is 23.7 Å². The van der Waals surface area contributed by atoms with Gasteiger partial charge in [-0.1, -0.05) is 47.2 Å². The van der Waals surface area contributed by atoms with Crippen LogP contribution in [0.3, 0.4) is 0 Å². The Labute approximate surface area is 196 Å². The molecule has 1 aromatic heterocycles. The van der Waals surface area contributed by atoms with Crippen LogP contribution in [-0.4, -0.2) is 43.0 Å². The third-order valence-corrected chi connectivity index (χ3v) is 6.19. The van der Waals surface area contributed by atoms with E-state index in [4.69, 9.17) is 21.3 Å². The van der Waals surface area contributed by atoms with Crippen molar-refractivity contribution in [3.8, 4) is 11.5 Å². The molecule has 0 bridgehead atoms. The highest BCUT2D eigenvalue weighted by Crippen LogP contribution is 2.34. The number of para-hydroxylation sites is 1. The number of halogens is 1. The number of aromatic nitrogens is 1. The second kappa shape index (κ2) is 9.69. The Balaban J connectivity index is 1.67. The Morgan fingerprint density at radius 2 is 1.75 bits per heavy atom. The molecule has 0 aliphatic rings. The topological polar surface area (TPSA) is 45.7 Å². The van der Waals surface area contributed by atoms with Crippen molar-refractivity contribution in [2.75, 3.05) is 32.1 Å². The summed E-state index contributed by atoms with van der Waals surface area (Å²) in [7, 11) is 3.97. The van der Waals surface area contributed by atoms with Crippen LogP contribution in [0.5, 0.6) is 11.5 Å². The van der Waals surface area contributed by atoms with Gasteiger partial charge in [-0.3, -0.25) is 9.69 Å². The number of carbonyl (C=O) groups excluding carboxylic acids is 1. The van der Waals surface area contributed by atoms with E-state index in [1.165, 1.54) is 11.3 Å². The first-order valence-electron chi connectivity index (χ1n) is 10.3. The monoisotopic (exact) mass is 465 g/mol. The van der Waals surface area contributed by atoms with Crippen molar-refractivity contribution >= 4 is 44.2 Å². The van der Waals surface area contributed by atoms with Crippen molar-refractivity contribution < 1.29 is 9.53 Å². The number of nitrogens with zero attached hydrogens (tertiary/aromatic N) is 3. The minimum Gasteiger partial charge on any atom is -0.457 e. The summed E-state index contributed by atoms with van der Waals surface area (Å²) in [5.74, 6) is 1.22. The van der Waals surface area contributed by atoms with Crippen LogP contribution in [0.2, 0.25) is 5.02 Å². The van der Waals surface area contributed by atoms with Gasteiger partial charge in [-0.15, -0.1) is 0 Å². The van der Waals surface area contributed by atoms with Gasteiger partial charge in [0.25, 0.3) is 5.91 Å². The second-order valence-electron chi connectivity index (χ2n) is 7.77. The number of fused-ring (bicyclic) bond motifs is 1. The maximum absolute atomic E-state index is 13.6. The summed E-state index contributed by atoms with van der Waals surface area (Å²) in [6, 6.07) is 20.6. The first-order chi connectivity index (χ1) is 15.4. The van der Waals surface area contributed by atoms with E-state index in [0.29, 0.717) is 34.6 Å². The van der Waals surface area contributed by atoms with E-state index in [-0.39, 0.29) is 5.91 Å². The van der Waals surface area contributed by atoms with E-state index in [9.17, 15) is 4.79 Å². The van der Waals surface area contributed by atoms with Gasteiger partial charge in [0.15, 0.2) is 5.13 Å². The summed E-state index contributed by atoms with van der Waals surface area (Å²) < 4.78 is 6.89. The predicted molar refractivity (Wildman–Crippen MR) is 133 cm³/mol. The highest BCUT2D eigenvalue weighted by molar-refractivity contribution is 7.22. The number of rotatable bonds is 7. The molecule has 0 unspecified atom stereocenters. The molecule has 0 atom stereocenters. The number of amides is 1. The van der Waals surface area contributed by atoms with E-state index in [1.807, 2.05) is 80.5 Å². The highest BCUT2D eigenvalue weighted by Gasteiger charge is 2.22. The van der Waals surface area contributed by atoms with Gasteiger partial charge in [0.1, 0.15) is 11.5 Å². The van der Waals surface area contributed by atoms with E-state index >= 15 is 0 Å². The molecule has 1 amide bonds. The smallest absolute Gasteiger partial charge is 0.260 e. The standard InChI is InChI=1S/C25H24ClN3O2S/c1-17-14-19(26)16-22-23(17)27-25(32-22)29(13-12-28(2)3)24(30)18-8-7-11-21(15-18)31-20-9-5-4-6-10-20/h4-11,14-16H,12-13H2,1-3H3. The van der Waals surface area contributed by atoms with Gasteiger partial charge in [0.2, 0.25) is 0 Å². The van der Waals surface area contributed by atoms with Gasteiger partial charge in [0.05, 0.1) is 10.2 Å². The van der Waals surface area contributed by atoms with Crippen LogP contribution in [0.15, 0.2) is 66.7 Å². The molecule has 5 nitrogen and oxygen atoms in total. The molecular formula is C25H24ClN3O2S. The average molecular weight is 466 g/mol. The molecule has 3 aromatic carbocycles. The fourth-order valence-corrected chi connectivity index (χ4v) is 4.76. The van der Waals surface area contributed by atoms with Crippen LogP contribution in [0, 0.1) is 6.92 Å². The summed E-state index contributed by atoms with van der Waals surface area (Å²) in [6.45, 7) is 3.21. The minimum atomic E-state index is -0.117. The lowest BCUT2D eigenvalue weighted by Crippen LogP contribution is -2.36. The Morgan fingerprint density at radius 1 is 1.00 bits per heavy atom. The molecule has 0 aliphatic heterocycles. The molecule has 7 heteroatoms. The Kier molecular flexibility index (Phi) is 6.74. The summed E-state index contributed by atoms with van der Waals surface area (Å²) in [5, 5.41) is 1.33. The quantitative estimate of drug-likeness (QED) is 0.323. The van der Waals surface area contributed by atoms with Crippen molar-refractivity contribution in [2.24, 2.45) is 0 Å². The van der Waals surface area contributed by atoms with Gasteiger partial charge in [-0.05, 0) is 69.0 Å². The van der Waals surface area contributed by atoms with Gasteiger partial charge >= 0.3 is 0 Å². The van der Waals surface area contributed by atoms with Crippen molar-refractivity contribution in [3.05, 3.63) is 82.9 Å². The average Bonchev–Trinajstić information content (AvgIpc) is 3.18. The van der Waals surface area contributed by atoms with Crippen LogP contribution < -0.4 is 9.64 Å². The molecule has 0 N–H and O–H groups in total. The molecule has 0 fully saturated rings. The lowest BCUT2D eigenvalue weighted by atomic mass is 10.2. The number of hydrogen-bond acceptors (Lipinski definition) is 5. The van der Waals surface area contributed by atoms with Crippen LogP contribution in [0.4, 0.5) is 5.13 Å². The Morgan fingerprint density at radius 3 is 2.50 bits per heavy atom.